The zero-order valence-corrected chi connectivity index (χ0v) is 10.6. The molecule has 1 heterocycles. The van der Waals surface area contributed by atoms with Crippen LogP contribution < -0.4 is 4.90 Å². The highest BCUT2D eigenvalue weighted by Crippen LogP contribution is 2.32. The van der Waals surface area contributed by atoms with Crippen LogP contribution in [0.15, 0.2) is 18.2 Å². The molecule has 0 aliphatic carbocycles. The molecule has 0 saturated carbocycles. The molecule has 0 aromatic heterocycles. The Labute approximate surface area is 110 Å². The molecule has 6 nitrogen and oxygen atoms in total. The van der Waals surface area contributed by atoms with Crippen LogP contribution in [0.2, 0.25) is 0 Å². The summed E-state index contributed by atoms with van der Waals surface area (Å²) in [5.41, 5.74) is 0.447. The smallest absolute Gasteiger partial charge is 0.299 e. The molecule has 0 unspecified atom stereocenters. The molecular weight excluding hydrogens is 248 g/mol. The molecule has 0 saturated heterocycles. The molecule has 1 amide bonds. The van der Waals surface area contributed by atoms with Crippen molar-refractivity contribution in [3.05, 3.63) is 33.9 Å². The first kappa shape index (κ1) is 13.2. The van der Waals surface area contributed by atoms with E-state index in [0.29, 0.717) is 12.2 Å². The third-order valence-electron chi connectivity index (χ3n) is 3.15. The summed E-state index contributed by atoms with van der Waals surface area (Å²) in [6, 6.07) is 3.97. The molecule has 1 aliphatic heterocycles. The average molecular weight is 262 g/mol. The maximum absolute atomic E-state index is 11.8. The van der Waals surface area contributed by atoms with Crippen molar-refractivity contribution in [1.29, 1.82) is 0 Å². The second-order valence-corrected chi connectivity index (χ2v) is 4.45. The lowest BCUT2D eigenvalue weighted by Crippen LogP contribution is -2.30. The average Bonchev–Trinajstić information content (AvgIpc) is 2.63. The van der Waals surface area contributed by atoms with Gasteiger partial charge in [-0.3, -0.25) is 19.7 Å². The number of nitro benzene ring substituents is 1. The van der Waals surface area contributed by atoms with Gasteiger partial charge < -0.3 is 4.90 Å². The Hall–Kier alpha value is -2.24. The number of hydrogen-bond acceptors (Lipinski definition) is 4. The molecule has 1 aromatic carbocycles. The Bertz CT molecular complexity index is 554. The maximum Gasteiger partial charge on any atom is 0.299 e. The fourth-order valence-electron chi connectivity index (χ4n) is 2.14. The summed E-state index contributed by atoms with van der Waals surface area (Å²) in [7, 11) is 0. The largest absolute Gasteiger partial charge is 0.305 e. The summed E-state index contributed by atoms with van der Waals surface area (Å²) in [6.07, 6.45) is 2.80. The number of ketones is 1. The van der Waals surface area contributed by atoms with Gasteiger partial charge in [0.2, 0.25) is 0 Å². The lowest BCUT2D eigenvalue weighted by molar-refractivity contribution is -0.384. The lowest BCUT2D eigenvalue weighted by atomic mass is 10.1. The quantitative estimate of drug-likeness (QED) is 0.353. The SMILES string of the molecule is CCCCCN1C(=O)C(=O)c2cc([N+](=O)[O-])ccc21. The normalized spacial score (nSPS) is 13.8. The Morgan fingerprint density at radius 1 is 1.26 bits per heavy atom. The molecule has 19 heavy (non-hydrogen) atoms. The molecule has 1 aromatic rings. The molecule has 0 radical (unpaired) electrons. The molecule has 6 heteroatoms. The number of rotatable bonds is 5. The highest BCUT2D eigenvalue weighted by Gasteiger charge is 2.36. The van der Waals surface area contributed by atoms with Crippen LogP contribution in [0, 0.1) is 10.1 Å². The highest BCUT2D eigenvalue weighted by atomic mass is 16.6. The van der Waals surface area contributed by atoms with E-state index in [0.717, 1.165) is 19.3 Å². The van der Waals surface area contributed by atoms with Crippen LogP contribution in [0.3, 0.4) is 0 Å². The number of carbonyl (C=O) groups is 2. The van der Waals surface area contributed by atoms with Crippen LogP contribution in [-0.4, -0.2) is 23.2 Å². The van der Waals surface area contributed by atoms with Gasteiger partial charge in [-0.15, -0.1) is 0 Å². The molecule has 2 rings (SSSR count). The number of anilines is 1. The Morgan fingerprint density at radius 2 is 2.00 bits per heavy atom. The van der Waals surface area contributed by atoms with Crippen molar-refractivity contribution in [3.8, 4) is 0 Å². The van der Waals surface area contributed by atoms with E-state index in [1.807, 2.05) is 6.92 Å². The Morgan fingerprint density at radius 3 is 2.63 bits per heavy atom. The van der Waals surface area contributed by atoms with Gasteiger partial charge in [0.1, 0.15) is 0 Å². The van der Waals surface area contributed by atoms with Gasteiger partial charge in [0.25, 0.3) is 17.4 Å². The first-order chi connectivity index (χ1) is 9.06. The second-order valence-electron chi connectivity index (χ2n) is 4.45. The van der Waals surface area contributed by atoms with Crippen molar-refractivity contribution < 1.29 is 14.5 Å². The van der Waals surface area contributed by atoms with Crippen molar-refractivity contribution in [2.75, 3.05) is 11.4 Å². The van der Waals surface area contributed by atoms with E-state index in [-0.39, 0.29) is 11.3 Å². The fourth-order valence-corrected chi connectivity index (χ4v) is 2.14. The zero-order valence-electron chi connectivity index (χ0n) is 10.6. The van der Waals surface area contributed by atoms with Crippen molar-refractivity contribution in [1.82, 2.24) is 0 Å². The lowest BCUT2D eigenvalue weighted by Gasteiger charge is -2.15. The van der Waals surface area contributed by atoms with E-state index < -0.39 is 16.6 Å². The zero-order chi connectivity index (χ0) is 14.0. The topological polar surface area (TPSA) is 80.5 Å². The van der Waals surface area contributed by atoms with Crippen LogP contribution in [0.1, 0.15) is 36.5 Å². The predicted octanol–water partition coefficient (Wildman–Crippen LogP) is 2.31. The molecule has 1 aliphatic rings. The standard InChI is InChI=1S/C13H14N2O4/c1-2-3-4-7-14-11-6-5-9(15(18)19)8-10(11)12(16)13(14)17/h5-6,8H,2-4,7H2,1H3. The minimum Gasteiger partial charge on any atom is -0.305 e. The van der Waals surface area contributed by atoms with Gasteiger partial charge in [-0.05, 0) is 12.5 Å². The summed E-state index contributed by atoms with van der Waals surface area (Å²) in [4.78, 5) is 35.2. The monoisotopic (exact) mass is 262 g/mol. The van der Waals surface area contributed by atoms with E-state index in [1.165, 1.54) is 23.1 Å². The number of nitro groups is 1. The maximum atomic E-state index is 11.8. The van der Waals surface area contributed by atoms with Crippen molar-refractivity contribution in [2.45, 2.75) is 26.2 Å². The van der Waals surface area contributed by atoms with E-state index in [1.54, 1.807) is 0 Å². The molecule has 0 bridgehead atoms. The Balaban J connectivity index is 2.30. The molecule has 100 valence electrons. The third-order valence-corrected chi connectivity index (χ3v) is 3.15. The molecule has 0 spiro atoms. The molecule has 0 N–H and O–H groups in total. The summed E-state index contributed by atoms with van der Waals surface area (Å²) < 4.78 is 0. The summed E-state index contributed by atoms with van der Waals surface area (Å²) in [5.74, 6) is -1.25. The van der Waals surface area contributed by atoms with E-state index in [2.05, 4.69) is 0 Å². The molecular formula is C13H14N2O4. The van der Waals surface area contributed by atoms with Crippen molar-refractivity contribution >= 4 is 23.1 Å². The summed E-state index contributed by atoms with van der Waals surface area (Å²) >= 11 is 0. The van der Waals surface area contributed by atoms with Gasteiger partial charge in [-0.1, -0.05) is 19.8 Å². The van der Waals surface area contributed by atoms with Crippen LogP contribution in [-0.2, 0) is 4.79 Å². The van der Waals surface area contributed by atoms with Crippen molar-refractivity contribution in [2.24, 2.45) is 0 Å². The second kappa shape index (κ2) is 5.17. The van der Waals surface area contributed by atoms with Crippen molar-refractivity contribution in [3.63, 3.8) is 0 Å². The van der Waals surface area contributed by atoms with E-state index in [9.17, 15) is 19.7 Å². The number of Topliss-reactive ketones (excluding diaryl/α,β-unsaturated/α-hetero) is 1. The number of unbranched alkanes of at least 4 members (excludes halogenated alkanes) is 2. The molecule has 0 atom stereocenters. The number of non-ortho nitro benzene ring substituents is 1. The van der Waals surface area contributed by atoms with Gasteiger partial charge in [-0.25, -0.2) is 0 Å². The van der Waals surface area contributed by atoms with Crippen LogP contribution >= 0.6 is 0 Å². The number of nitrogens with zero attached hydrogens (tertiary/aromatic N) is 2. The van der Waals surface area contributed by atoms with Gasteiger partial charge in [0, 0.05) is 18.7 Å². The van der Waals surface area contributed by atoms with Crippen LogP contribution in [0.4, 0.5) is 11.4 Å². The number of fused-ring (bicyclic) bond motifs is 1. The summed E-state index contributed by atoms with van der Waals surface area (Å²) in [5, 5.41) is 10.7. The number of hydrogen-bond donors (Lipinski definition) is 0. The first-order valence-electron chi connectivity index (χ1n) is 6.21. The van der Waals surface area contributed by atoms with Gasteiger partial charge >= 0.3 is 0 Å². The fraction of sp³-hybridized carbons (Fsp3) is 0.385. The number of amides is 1. The van der Waals surface area contributed by atoms with Gasteiger partial charge in [0.15, 0.2) is 0 Å². The number of benzene rings is 1. The van der Waals surface area contributed by atoms with Gasteiger partial charge in [0.05, 0.1) is 16.2 Å². The minimum atomic E-state index is -0.657. The van der Waals surface area contributed by atoms with E-state index >= 15 is 0 Å². The van der Waals surface area contributed by atoms with E-state index in [4.69, 9.17) is 0 Å². The minimum absolute atomic E-state index is 0.135. The summed E-state index contributed by atoms with van der Waals surface area (Å²) in [6.45, 7) is 2.53. The van der Waals surface area contributed by atoms with Gasteiger partial charge in [-0.2, -0.15) is 0 Å². The highest BCUT2D eigenvalue weighted by molar-refractivity contribution is 6.52. The van der Waals surface area contributed by atoms with Crippen LogP contribution in [0.25, 0.3) is 0 Å². The molecule has 0 fully saturated rings. The third kappa shape index (κ3) is 2.33. The number of carbonyl (C=O) groups excluding carboxylic acids is 2. The first-order valence-corrected chi connectivity index (χ1v) is 6.21. The van der Waals surface area contributed by atoms with Crippen LogP contribution in [0.5, 0.6) is 0 Å². The predicted molar refractivity (Wildman–Crippen MR) is 69.3 cm³/mol. The Kier molecular flexibility index (Phi) is 3.59.